The lowest BCUT2D eigenvalue weighted by Gasteiger charge is -2.03. The van der Waals surface area contributed by atoms with Crippen LogP contribution in [0.25, 0.3) is 6.08 Å². The predicted octanol–water partition coefficient (Wildman–Crippen LogP) is 1.95. The van der Waals surface area contributed by atoms with Crippen LogP contribution in [0, 0.1) is 0 Å². The molecule has 2 aromatic rings. The number of nitrogens with one attached hydrogen (secondary N) is 3. The molecule has 6 nitrogen and oxygen atoms in total. The minimum Gasteiger partial charge on any atom is -0.349 e. The number of aromatic amines is 1. The Balaban J connectivity index is 1.56. The van der Waals surface area contributed by atoms with Gasteiger partial charge in [0, 0.05) is 23.9 Å². The largest absolute Gasteiger partial charge is 0.349 e. The van der Waals surface area contributed by atoms with Gasteiger partial charge in [0.05, 0.1) is 11.9 Å². The lowest BCUT2D eigenvalue weighted by molar-refractivity contribution is -0.111. The SMILES string of the molecule is O=C(/C=C/c1ccc(C(=O)NC2CC2)cc1)Nc1cn[nH]c1. The number of H-pyrrole nitrogens is 1. The molecule has 1 aromatic carbocycles. The third-order valence-electron chi connectivity index (χ3n) is 3.28. The maximum Gasteiger partial charge on any atom is 0.251 e. The average Bonchev–Trinajstić information content (AvgIpc) is 3.19. The van der Waals surface area contributed by atoms with Crippen molar-refractivity contribution in [3.63, 3.8) is 0 Å². The molecular weight excluding hydrogens is 280 g/mol. The monoisotopic (exact) mass is 296 g/mol. The van der Waals surface area contributed by atoms with Crippen LogP contribution in [0.4, 0.5) is 5.69 Å². The number of aromatic nitrogens is 2. The van der Waals surface area contributed by atoms with Gasteiger partial charge < -0.3 is 10.6 Å². The first kappa shape index (κ1) is 14.1. The Morgan fingerprint density at radius 2 is 2.00 bits per heavy atom. The number of anilines is 1. The van der Waals surface area contributed by atoms with Gasteiger partial charge in [0.2, 0.25) is 5.91 Å². The molecule has 1 aliphatic carbocycles. The van der Waals surface area contributed by atoms with E-state index < -0.39 is 0 Å². The van der Waals surface area contributed by atoms with Crippen molar-refractivity contribution in [3.8, 4) is 0 Å². The van der Waals surface area contributed by atoms with E-state index in [1.807, 2.05) is 12.1 Å². The lowest BCUT2D eigenvalue weighted by Crippen LogP contribution is -2.25. The molecule has 2 amide bonds. The van der Waals surface area contributed by atoms with Gasteiger partial charge >= 0.3 is 0 Å². The van der Waals surface area contributed by atoms with Crippen LogP contribution in [0.1, 0.15) is 28.8 Å². The summed E-state index contributed by atoms with van der Waals surface area (Å²) in [7, 11) is 0. The molecule has 1 heterocycles. The zero-order valence-electron chi connectivity index (χ0n) is 11.9. The first-order valence-corrected chi connectivity index (χ1v) is 7.09. The third-order valence-corrected chi connectivity index (χ3v) is 3.28. The highest BCUT2D eigenvalue weighted by Crippen LogP contribution is 2.19. The summed E-state index contributed by atoms with van der Waals surface area (Å²) >= 11 is 0. The van der Waals surface area contributed by atoms with E-state index in [1.165, 1.54) is 12.3 Å². The molecule has 6 heteroatoms. The molecule has 3 N–H and O–H groups in total. The number of hydrogen-bond acceptors (Lipinski definition) is 3. The Morgan fingerprint density at radius 1 is 1.23 bits per heavy atom. The van der Waals surface area contributed by atoms with Crippen molar-refractivity contribution in [1.29, 1.82) is 0 Å². The summed E-state index contributed by atoms with van der Waals surface area (Å²) in [6, 6.07) is 7.47. The van der Waals surface area contributed by atoms with Crippen molar-refractivity contribution in [2.75, 3.05) is 5.32 Å². The maximum absolute atomic E-state index is 11.8. The van der Waals surface area contributed by atoms with E-state index in [0.29, 0.717) is 17.3 Å². The van der Waals surface area contributed by atoms with Crippen molar-refractivity contribution in [2.45, 2.75) is 18.9 Å². The van der Waals surface area contributed by atoms with Gasteiger partial charge in [-0.15, -0.1) is 0 Å². The zero-order valence-corrected chi connectivity index (χ0v) is 11.9. The van der Waals surface area contributed by atoms with Gasteiger partial charge in [-0.1, -0.05) is 12.1 Å². The molecule has 0 unspecified atom stereocenters. The molecule has 3 rings (SSSR count). The quantitative estimate of drug-likeness (QED) is 0.737. The van der Waals surface area contributed by atoms with Crippen molar-refractivity contribution in [1.82, 2.24) is 15.5 Å². The second-order valence-corrected chi connectivity index (χ2v) is 5.18. The van der Waals surface area contributed by atoms with Crippen molar-refractivity contribution in [3.05, 3.63) is 53.9 Å². The fraction of sp³-hybridized carbons (Fsp3) is 0.188. The number of carbonyl (C=O) groups is 2. The number of rotatable bonds is 5. The Bertz CT molecular complexity index is 685. The summed E-state index contributed by atoms with van der Waals surface area (Å²) < 4.78 is 0. The molecule has 0 bridgehead atoms. The normalized spacial score (nSPS) is 14.0. The number of nitrogens with zero attached hydrogens (tertiary/aromatic N) is 1. The van der Waals surface area contributed by atoms with Crippen LogP contribution in [0.2, 0.25) is 0 Å². The van der Waals surface area contributed by atoms with E-state index in [1.54, 1.807) is 24.4 Å². The van der Waals surface area contributed by atoms with E-state index >= 15 is 0 Å². The van der Waals surface area contributed by atoms with Gasteiger partial charge in [0.1, 0.15) is 0 Å². The molecule has 112 valence electrons. The highest BCUT2D eigenvalue weighted by atomic mass is 16.2. The predicted molar refractivity (Wildman–Crippen MR) is 83.2 cm³/mol. The first-order chi connectivity index (χ1) is 10.7. The van der Waals surface area contributed by atoms with Crippen LogP contribution in [0.3, 0.4) is 0 Å². The van der Waals surface area contributed by atoms with E-state index in [2.05, 4.69) is 20.8 Å². The number of hydrogen-bond donors (Lipinski definition) is 3. The summed E-state index contributed by atoms with van der Waals surface area (Å²) in [6.45, 7) is 0. The topological polar surface area (TPSA) is 86.9 Å². The summed E-state index contributed by atoms with van der Waals surface area (Å²) in [6.07, 6.45) is 8.39. The van der Waals surface area contributed by atoms with Gasteiger partial charge in [-0.2, -0.15) is 5.10 Å². The van der Waals surface area contributed by atoms with E-state index in [-0.39, 0.29) is 11.8 Å². The van der Waals surface area contributed by atoms with E-state index in [0.717, 1.165) is 18.4 Å². The smallest absolute Gasteiger partial charge is 0.251 e. The summed E-state index contributed by atoms with van der Waals surface area (Å²) in [4.78, 5) is 23.5. The second-order valence-electron chi connectivity index (χ2n) is 5.18. The lowest BCUT2D eigenvalue weighted by atomic mass is 10.1. The zero-order chi connectivity index (χ0) is 15.4. The maximum atomic E-state index is 11.8. The van der Waals surface area contributed by atoms with Crippen LogP contribution in [-0.2, 0) is 4.79 Å². The van der Waals surface area contributed by atoms with E-state index in [9.17, 15) is 9.59 Å². The fourth-order valence-electron chi connectivity index (χ4n) is 1.92. The van der Waals surface area contributed by atoms with Gasteiger partial charge in [0.15, 0.2) is 0 Å². The second kappa shape index (κ2) is 6.26. The van der Waals surface area contributed by atoms with Crippen molar-refractivity contribution in [2.24, 2.45) is 0 Å². The molecule has 1 aliphatic rings. The molecule has 0 spiro atoms. The number of carbonyl (C=O) groups excluding carboxylic acids is 2. The fourth-order valence-corrected chi connectivity index (χ4v) is 1.92. The molecule has 0 radical (unpaired) electrons. The molecule has 22 heavy (non-hydrogen) atoms. The van der Waals surface area contributed by atoms with E-state index in [4.69, 9.17) is 0 Å². The standard InChI is InChI=1S/C16H16N4O2/c21-15(19-14-9-17-18-10-14)8-3-11-1-4-12(5-2-11)16(22)20-13-6-7-13/h1-5,8-10,13H,6-7H2,(H,17,18)(H,19,21)(H,20,22)/b8-3+. The van der Waals surface area contributed by atoms with Crippen LogP contribution < -0.4 is 10.6 Å². The van der Waals surface area contributed by atoms with Gasteiger partial charge in [-0.05, 0) is 36.6 Å². The summed E-state index contributed by atoms with van der Waals surface area (Å²) in [5, 5.41) is 12.0. The van der Waals surface area contributed by atoms with Crippen LogP contribution >= 0.6 is 0 Å². The molecule has 0 saturated heterocycles. The summed E-state index contributed by atoms with van der Waals surface area (Å²) in [5.74, 6) is -0.285. The summed E-state index contributed by atoms with van der Waals surface area (Å²) in [5.41, 5.74) is 2.10. The Hall–Kier alpha value is -2.89. The molecule has 1 fully saturated rings. The third kappa shape index (κ3) is 3.82. The average molecular weight is 296 g/mol. The van der Waals surface area contributed by atoms with Crippen LogP contribution in [0.5, 0.6) is 0 Å². The Labute approximate surface area is 127 Å². The van der Waals surface area contributed by atoms with Gasteiger partial charge in [-0.25, -0.2) is 0 Å². The minimum atomic E-state index is -0.239. The number of benzene rings is 1. The molecule has 1 saturated carbocycles. The minimum absolute atomic E-state index is 0.0456. The molecular formula is C16H16N4O2. The van der Waals surface area contributed by atoms with Crippen molar-refractivity contribution < 1.29 is 9.59 Å². The van der Waals surface area contributed by atoms with Gasteiger partial charge in [-0.3, -0.25) is 14.7 Å². The van der Waals surface area contributed by atoms with Crippen LogP contribution in [-0.4, -0.2) is 28.1 Å². The highest BCUT2D eigenvalue weighted by Gasteiger charge is 2.23. The molecule has 1 aromatic heterocycles. The Morgan fingerprint density at radius 3 is 2.64 bits per heavy atom. The van der Waals surface area contributed by atoms with Crippen LogP contribution in [0.15, 0.2) is 42.7 Å². The highest BCUT2D eigenvalue weighted by molar-refractivity contribution is 6.01. The first-order valence-electron chi connectivity index (χ1n) is 7.09. The number of amides is 2. The van der Waals surface area contributed by atoms with Crippen molar-refractivity contribution >= 4 is 23.6 Å². The molecule has 0 atom stereocenters. The van der Waals surface area contributed by atoms with Gasteiger partial charge in [0.25, 0.3) is 5.91 Å². The molecule has 0 aliphatic heterocycles. The Kier molecular flexibility index (Phi) is 4.00.